The first-order chi connectivity index (χ1) is 5.26. The van der Waals surface area contributed by atoms with Gasteiger partial charge in [0.15, 0.2) is 0 Å². The first kappa shape index (κ1) is 11.8. The molecule has 0 aliphatic rings. The van der Waals surface area contributed by atoms with Crippen molar-refractivity contribution in [2.75, 3.05) is 0 Å². The van der Waals surface area contributed by atoms with E-state index in [0.29, 0.717) is 26.2 Å². The van der Waals surface area contributed by atoms with Gasteiger partial charge < -0.3 is 0 Å². The zero-order valence-electron chi connectivity index (χ0n) is 6.93. The van der Waals surface area contributed by atoms with E-state index in [-0.39, 0.29) is 5.97 Å². The van der Waals surface area contributed by atoms with E-state index < -0.39 is 0 Å². The summed E-state index contributed by atoms with van der Waals surface area (Å²) in [6, 6.07) is 0. The molecule has 0 bridgehead atoms. The Kier molecular flexibility index (Phi) is 7.92. The quantitative estimate of drug-likeness (QED) is 0.583. The van der Waals surface area contributed by atoms with Crippen LogP contribution in [-0.4, -0.2) is 5.97 Å². The Hall–Kier alpha value is 0.755. The monoisotopic (exact) mass is 304 g/mol. The summed E-state index contributed by atoms with van der Waals surface area (Å²) in [6.45, 7) is 2.12. The summed E-state index contributed by atoms with van der Waals surface area (Å²) in [5.41, 5.74) is 0.884. The third-order valence-corrected chi connectivity index (χ3v) is 3.22. The molecule has 0 aromatic carbocycles. The second kappa shape index (κ2) is 7.41. The van der Waals surface area contributed by atoms with Gasteiger partial charge in [-0.1, -0.05) is 0 Å². The average molecular weight is 304 g/mol. The molecule has 0 saturated carbocycles. The molecule has 4 heteroatoms. The van der Waals surface area contributed by atoms with Crippen molar-refractivity contribution in [3.05, 3.63) is 10.2 Å². The zero-order valence-corrected chi connectivity index (χ0v) is 13.9. The summed E-state index contributed by atoms with van der Waals surface area (Å²) >= 11 is 1.34. The molecule has 0 N–H and O–H groups in total. The molecule has 2 nitrogen and oxygen atoms in total. The molecule has 0 aliphatic heterocycles. The summed E-state index contributed by atoms with van der Waals surface area (Å²) in [7, 11) is 0. The van der Waals surface area contributed by atoms with Crippen LogP contribution >= 0.6 is 0 Å². The number of hydrogen-bond donors (Lipinski definition) is 0. The molecular weight excluding hydrogens is 294 g/mol. The van der Waals surface area contributed by atoms with Crippen LogP contribution in [0.2, 0.25) is 0 Å². The van der Waals surface area contributed by atoms with Gasteiger partial charge in [-0.2, -0.15) is 0 Å². The Morgan fingerprint density at radius 1 is 1.73 bits per heavy atom. The molecule has 0 rings (SSSR count). The molecule has 0 aromatic rings. The predicted molar refractivity (Wildman–Crippen MR) is 33.7 cm³/mol. The Bertz CT molecular complexity index is 157. The molecule has 0 saturated heterocycles. The fourth-order valence-electron chi connectivity index (χ4n) is 0.747. The molecule has 0 amide bonds. The van der Waals surface area contributed by atoms with Crippen molar-refractivity contribution in [2.24, 2.45) is 0 Å². The van der Waals surface area contributed by atoms with Crippen molar-refractivity contribution in [1.82, 2.24) is 0 Å². The Labute approximate surface area is 93.8 Å². The van der Waals surface area contributed by atoms with E-state index in [0.717, 1.165) is 43.1 Å². The van der Waals surface area contributed by atoms with Crippen molar-refractivity contribution in [3.8, 4) is 0 Å². The van der Waals surface area contributed by atoms with Gasteiger partial charge in [-0.3, -0.25) is 0 Å². The van der Waals surface area contributed by atoms with Gasteiger partial charge in [-0.25, -0.2) is 0 Å². The molecule has 0 atom stereocenters. The molecular formula is C7H10CdO2Zn. The summed E-state index contributed by atoms with van der Waals surface area (Å²) < 4.78 is 6.76. The van der Waals surface area contributed by atoms with E-state index in [2.05, 4.69) is 6.92 Å². The Morgan fingerprint density at radius 3 is 2.73 bits per heavy atom. The first-order valence-electron chi connectivity index (χ1n) is 3.70. The van der Waals surface area contributed by atoms with E-state index in [1.54, 1.807) is 0 Å². The van der Waals surface area contributed by atoms with E-state index in [9.17, 15) is 4.79 Å². The normalized spacial score (nSPS) is 11.5. The van der Waals surface area contributed by atoms with E-state index in [1.807, 2.05) is 4.67 Å². The minimum absolute atomic E-state index is 0.0868. The fourth-order valence-corrected chi connectivity index (χ4v) is 2.05. The van der Waals surface area contributed by atoms with Crippen LogP contribution in [0.15, 0.2) is 10.2 Å². The topological polar surface area (TPSA) is 26.3 Å². The van der Waals surface area contributed by atoms with Crippen LogP contribution in [0.1, 0.15) is 26.2 Å². The SMILES string of the molecule is CCCCC(=[CH][Zn])C(=O)[O][Cd]. The number of carbonyl (C=O) groups is 1. The number of carbonyl (C=O) groups excluding carboxylic acids is 1. The molecule has 0 unspecified atom stereocenters. The third kappa shape index (κ3) is 5.07. The summed E-state index contributed by atoms with van der Waals surface area (Å²) in [4.78, 5) is 11.0. The van der Waals surface area contributed by atoms with Crippen LogP contribution in [0, 0.1) is 0 Å². The van der Waals surface area contributed by atoms with Gasteiger partial charge in [-0.15, -0.1) is 0 Å². The number of hydrogen-bond acceptors (Lipinski definition) is 2. The van der Waals surface area contributed by atoms with Gasteiger partial charge in [0.25, 0.3) is 0 Å². The zero-order chi connectivity index (χ0) is 8.69. The average Bonchev–Trinajstić information content (AvgIpc) is 2.05. The molecule has 0 heterocycles. The van der Waals surface area contributed by atoms with Crippen LogP contribution in [-0.2, 0) is 52.0 Å². The maximum atomic E-state index is 11.0. The molecule has 54 valence electrons. The summed E-state index contributed by atoms with van der Waals surface area (Å²) in [5, 5.41) is 0. The molecule has 11 heavy (non-hydrogen) atoms. The van der Waals surface area contributed by atoms with E-state index >= 15 is 0 Å². The minimum atomic E-state index is -0.0868. The molecule has 0 aromatic heterocycles. The van der Waals surface area contributed by atoms with Crippen molar-refractivity contribution in [3.63, 3.8) is 0 Å². The van der Waals surface area contributed by atoms with Gasteiger partial charge in [0.2, 0.25) is 0 Å². The van der Waals surface area contributed by atoms with Gasteiger partial charge in [-0.05, 0) is 0 Å². The molecule has 0 fully saturated rings. The number of rotatable bonds is 4. The van der Waals surface area contributed by atoms with E-state index in [1.165, 1.54) is 0 Å². The number of unbranched alkanes of at least 4 members (excludes halogenated alkanes) is 1. The second-order valence-electron chi connectivity index (χ2n) is 2.26. The van der Waals surface area contributed by atoms with Crippen molar-refractivity contribution < 1.29 is 52.0 Å². The van der Waals surface area contributed by atoms with Crippen LogP contribution in [0.3, 0.4) is 0 Å². The summed E-state index contributed by atoms with van der Waals surface area (Å²) in [6.07, 6.45) is 3.11. The standard InChI is InChI=1S/C7H11O2.Cd.Zn/c1-3-4-5-6(2)7(8)9;;/h2H,3-5H2,1H3,(H,8,9);;/q;+1;/p-1. The Balaban J connectivity index is 3.87. The molecule has 0 radical (unpaired) electrons. The molecule has 0 spiro atoms. The van der Waals surface area contributed by atoms with Gasteiger partial charge in [0.05, 0.1) is 0 Å². The molecule has 0 aliphatic carbocycles. The predicted octanol–water partition coefficient (Wildman–Crippen LogP) is 1.61. The second-order valence-corrected chi connectivity index (χ2v) is 3.95. The van der Waals surface area contributed by atoms with Crippen molar-refractivity contribution in [2.45, 2.75) is 26.2 Å². The van der Waals surface area contributed by atoms with Gasteiger partial charge in [0.1, 0.15) is 0 Å². The van der Waals surface area contributed by atoms with Crippen LogP contribution in [0.5, 0.6) is 0 Å². The first-order valence-corrected chi connectivity index (χ1v) is 7.07. The fraction of sp³-hybridized carbons (Fsp3) is 0.571. The van der Waals surface area contributed by atoms with Crippen molar-refractivity contribution >= 4 is 5.97 Å². The van der Waals surface area contributed by atoms with Crippen LogP contribution in [0.25, 0.3) is 0 Å². The van der Waals surface area contributed by atoms with Gasteiger partial charge in [0, 0.05) is 0 Å². The third-order valence-electron chi connectivity index (χ3n) is 1.44. The summed E-state index contributed by atoms with van der Waals surface area (Å²) in [5.74, 6) is -0.0868. The maximum absolute atomic E-state index is 11.0. The van der Waals surface area contributed by atoms with E-state index in [4.69, 9.17) is 2.69 Å². The van der Waals surface area contributed by atoms with Crippen molar-refractivity contribution in [1.29, 1.82) is 0 Å². The Morgan fingerprint density at radius 2 is 2.36 bits per heavy atom. The van der Waals surface area contributed by atoms with Gasteiger partial charge >= 0.3 is 94.4 Å². The van der Waals surface area contributed by atoms with Crippen LogP contribution < -0.4 is 0 Å². The van der Waals surface area contributed by atoms with Crippen LogP contribution in [0.4, 0.5) is 0 Å².